The zero-order chi connectivity index (χ0) is 35.3. The Morgan fingerprint density at radius 3 is 1.22 bits per heavy atom. The van der Waals surface area contributed by atoms with Gasteiger partial charge < -0.3 is 38.9 Å². The first-order valence-electron chi connectivity index (χ1n) is 15.3. The van der Waals surface area contributed by atoms with Crippen LogP contribution in [0.4, 0.5) is 0 Å². The van der Waals surface area contributed by atoms with Gasteiger partial charge in [-0.3, -0.25) is 0 Å². The lowest BCUT2D eigenvalue weighted by Gasteiger charge is -2.03. The Balaban J connectivity index is 0.000000194. The van der Waals surface area contributed by atoms with Gasteiger partial charge in [-0.15, -0.1) is 0 Å². The van der Waals surface area contributed by atoms with Gasteiger partial charge in [0, 0.05) is 12.1 Å². The number of phenolic OH excluding ortho intramolecular Hbond substituents is 4. The van der Waals surface area contributed by atoms with Gasteiger partial charge in [0.15, 0.2) is 34.5 Å². The van der Waals surface area contributed by atoms with Crippen LogP contribution >= 0.6 is 0 Å². The largest absolute Gasteiger partial charge is 0.508 e. The van der Waals surface area contributed by atoms with Gasteiger partial charge in [0.2, 0.25) is 0 Å². The molecule has 252 valence electrons. The maximum absolute atomic E-state index is 9.59. The van der Waals surface area contributed by atoms with E-state index < -0.39 is 0 Å². The van der Waals surface area contributed by atoms with Gasteiger partial charge in [-0.2, -0.15) is 0 Å². The second-order valence-corrected chi connectivity index (χ2v) is 10.7. The fourth-order valence-electron chi connectivity index (χ4n) is 4.41. The Labute approximate surface area is 288 Å². The lowest BCUT2D eigenvalue weighted by atomic mass is 10.1. The zero-order valence-corrected chi connectivity index (χ0v) is 27.2. The third kappa shape index (κ3) is 10.0. The molecule has 0 unspecified atom stereocenters. The van der Waals surface area contributed by atoms with Gasteiger partial charge in [-0.25, -0.2) is 0 Å². The summed E-state index contributed by atoms with van der Waals surface area (Å²) >= 11 is 0. The highest BCUT2D eigenvalue weighted by Crippen LogP contribution is 2.28. The van der Waals surface area contributed by atoms with E-state index in [0.717, 1.165) is 22.3 Å². The first-order valence-corrected chi connectivity index (χ1v) is 15.3. The third-order valence-corrected chi connectivity index (χ3v) is 7.06. The maximum atomic E-state index is 9.59. The molecule has 10 nitrogen and oxygen atoms in total. The first kappa shape index (κ1) is 34.4. The first-order chi connectivity index (χ1) is 24.3. The van der Waals surface area contributed by atoms with Crippen LogP contribution in [0.2, 0.25) is 0 Å². The number of phenols is 4. The fourth-order valence-corrected chi connectivity index (χ4v) is 4.41. The lowest BCUT2D eigenvalue weighted by molar-refractivity contribution is 0.373. The monoisotopic (exact) mass is 670 g/mol. The van der Waals surface area contributed by atoms with Crippen molar-refractivity contribution >= 4 is 48.6 Å². The molecule has 0 radical (unpaired) electrons. The van der Waals surface area contributed by atoms with Crippen molar-refractivity contribution < 1.29 is 38.9 Å². The summed E-state index contributed by atoms with van der Waals surface area (Å²) < 4.78 is 20.7. The summed E-state index contributed by atoms with van der Waals surface area (Å²) in [6.45, 7) is 0. The number of aromatic hydroxyl groups is 4. The van der Waals surface area contributed by atoms with Crippen molar-refractivity contribution in [1.29, 1.82) is 0 Å². The Hall–Kier alpha value is -6.94. The molecule has 6 rings (SSSR count). The molecule has 0 aliphatic rings. The number of aromatic nitrogens is 2. The molecule has 4 aromatic carbocycles. The molecular formula is C40H34N2O8. The van der Waals surface area contributed by atoms with Crippen molar-refractivity contribution in [2.75, 3.05) is 14.2 Å². The minimum atomic E-state index is 0.0981. The summed E-state index contributed by atoms with van der Waals surface area (Å²) in [5, 5.41) is 45.7. The molecule has 10 heteroatoms. The zero-order valence-electron chi connectivity index (χ0n) is 27.2. The van der Waals surface area contributed by atoms with Crippen LogP contribution in [0.5, 0.6) is 34.5 Å². The highest BCUT2D eigenvalue weighted by atomic mass is 16.5. The van der Waals surface area contributed by atoms with E-state index >= 15 is 0 Å². The average Bonchev–Trinajstić information content (AvgIpc) is 3.80. The number of rotatable bonds is 10. The predicted octanol–water partition coefficient (Wildman–Crippen LogP) is 8.87. The fraction of sp³-hybridized carbons (Fsp3) is 0.0500. The van der Waals surface area contributed by atoms with E-state index in [2.05, 4.69) is 10.3 Å². The maximum Gasteiger partial charge on any atom is 0.161 e. The number of methoxy groups -OCH3 is 2. The highest BCUT2D eigenvalue weighted by Gasteiger charge is 2.04. The second-order valence-electron chi connectivity index (χ2n) is 10.7. The minimum absolute atomic E-state index is 0.0981. The van der Waals surface area contributed by atoms with Crippen LogP contribution in [0.25, 0.3) is 48.6 Å². The molecule has 0 saturated carbocycles. The average molecular weight is 671 g/mol. The van der Waals surface area contributed by atoms with Gasteiger partial charge in [-0.05, 0) is 95.1 Å². The van der Waals surface area contributed by atoms with Crippen LogP contribution in [0.3, 0.4) is 0 Å². The van der Waals surface area contributed by atoms with E-state index in [1.165, 1.54) is 14.2 Å². The van der Waals surface area contributed by atoms with Crippen LogP contribution in [-0.2, 0) is 0 Å². The van der Waals surface area contributed by atoms with E-state index in [1.807, 2.05) is 60.7 Å². The summed E-state index contributed by atoms with van der Waals surface area (Å²) in [5.41, 5.74) is 5.01. The molecule has 2 heterocycles. The van der Waals surface area contributed by atoms with Crippen molar-refractivity contribution in [2.45, 2.75) is 0 Å². The molecule has 0 saturated heterocycles. The SMILES string of the molecule is COc1cc(/C=C/c2cc(/C=C/c3ccc(O)cc3)no2)ccc1O.COc1cc(/C=C/c2cc(/C=C/c3ccc(O)cc3)on2)ccc1O. The molecule has 0 fully saturated rings. The third-order valence-electron chi connectivity index (χ3n) is 7.06. The Morgan fingerprint density at radius 2 is 0.800 bits per heavy atom. The summed E-state index contributed by atoms with van der Waals surface area (Å²) in [7, 11) is 3.01. The molecule has 6 aromatic rings. The molecule has 50 heavy (non-hydrogen) atoms. The van der Waals surface area contributed by atoms with E-state index in [1.54, 1.807) is 84.9 Å². The normalized spacial score (nSPS) is 11.4. The highest BCUT2D eigenvalue weighted by molar-refractivity contribution is 5.73. The number of hydrogen-bond acceptors (Lipinski definition) is 10. The Morgan fingerprint density at radius 1 is 0.440 bits per heavy atom. The summed E-state index contributed by atoms with van der Waals surface area (Å²) in [4.78, 5) is 0. The lowest BCUT2D eigenvalue weighted by Crippen LogP contribution is -1.84. The predicted molar refractivity (Wildman–Crippen MR) is 194 cm³/mol. The Kier molecular flexibility index (Phi) is 11.5. The summed E-state index contributed by atoms with van der Waals surface area (Å²) in [6.07, 6.45) is 14.7. The van der Waals surface area contributed by atoms with E-state index in [9.17, 15) is 20.4 Å². The van der Waals surface area contributed by atoms with Crippen molar-refractivity contribution in [2.24, 2.45) is 0 Å². The molecule has 0 amide bonds. The van der Waals surface area contributed by atoms with E-state index in [4.69, 9.17) is 18.5 Å². The smallest absolute Gasteiger partial charge is 0.161 e. The topological polar surface area (TPSA) is 151 Å². The van der Waals surface area contributed by atoms with Gasteiger partial charge in [-0.1, -0.05) is 71.0 Å². The van der Waals surface area contributed by atoms with Crippen molar-refractivity contribution in [3.63, 3.8) is 0 Å². The molecule has 4 N–H and O–H groups in total. The van der Waals surface area contributed by atoms with Crippen LogP contribution in [0, 0.1) is 0 Å². The molecule has 0 aliphatic carbocycles. The molecule has 0 spiro atoms. The Bertz CT molecular complexity index is 1970. The molecular weight excluding hydrogens is 636 g/mol. The minimum Gasteiger partial charge on any atom is -0.508 e. The van der Waals surface area contributed by atoms with E-state index in [0.29, 0.717) is 34.4 Å². The number of hydrogen-bond donors (Lipinski definition) is 4. The standard InChI is InChI=1S/2C20H17NO4/c1-24-20-12-15(6-11-19(20)23)2-7-16-13-18(25-21-16)10-5-14-3-8-17(22)9-4-14;1-24-20-12-15(6-11-19(20)23)5-10-18-13-16(21-25-18)7-2-14-3-8-17(22)9-4-14/h2*2-13,22-23H,1H3/b2*7-2+,10-5+. The molecule has 0 bridgehead atoms. The quantitative estimate of drug-likeness (QED) is 0.111. The van der Waals surface area contributed by atoms with Crippen molar-refractivity contribution in [3.05, 3.63) is 142 Å². The van der Waals surface area contributed by atoms with Crippen LogP contribution in [0.15, 0.2) is 106 Å². The number of ether oxygens (including phenoxy) is 2. The number of nitrogens with zero attached hydrogens (tertiary/aromatic N) is 2. The van der Waals surface area contributed by atoms with Crippen LogP contribution < -0.4 is 9.47 Å². The second kappa shape index (κ2) is 16.8. The summed E-state index contributed by atoms with van der Waals surface area (Å²) in [5.74, 6) is 2.72. The number of benzene rings is 4. The summed E-state index contributed by atoms with van der Waals surface area (Å²) in [6, 6.07) is 27.5. The van der Waals surface area contributed by atoms with Gasteiger partial charge in [0.25, 0.3) is 0 Å². The van der Waals surface area contributed by atoms with Crippen LogP contribution in [0.1, 0.15) is 45.2 Å². The molecule has 2 aromatic heterocycles. The van der Waals surface area contributed by atoms with Gasteiger partial charge >= 0.3 is 0 Å². The van der Waals surface area contributed by atoms with Gasteiger partial charge in [0.1, 0.15) is 22.9 Å². The molecule has 0 atom stereocenters. The van der Waals surface area contributed by atoms with Gasteiger partial charge in [0.05, 0.1) is 14.2 Å². The van der Waals surface area contributed by atoms with Crippen LogP contribution in [-0.4, -0.2) is 45.0 Å². The van der Waals surface area contributed by atoms with E-state index in [-0.39, 0.29) is 23.0 Å². The molecule has 0 aliphatic heterocycles. The van der Waals surface area contributed by atoms with Crippen molar-refractivity contribution in [1.82, 2.24) is 10.3 Å². The van der Waals surface area contributed by atoms with Crippen molar-refractivity contribution in [3.8, 4) is 34.5 Å².